The van der Waals surface area contributed by atoms with Crippen LogP contribution in [0, 0.1) is 5.92 Å². The van der Waals surface area contributed by atoms with E-state index in [0.29, 0.717) is 23.2 Å². The van der Waals surface area contributed by atoms with Crippen molar-refractivity contribution in [3.63, 3.8) is 0 Å². The molecule has 3 aliphatic rings. The number of amides is 1. The number of hydrogen-bond donors (Lipinski definition) is 0. The van der Waals surface area contributed by atoms with Gasteiger partial charge in [0.15, 0.2) is 5.65 Å². The number of hydrogen-bond acceptors (Lipinski definition) is 6. The third kappa shape index (κ3) is 2.87. The molecule has 2 bridgehead atoms. The summed E-state index contributed by atoms with van der Waals surface area (Å²) in [7, 11) is 1.74. The summed E-state index contributed by atoms with van der Waals surface area (Å²) in [6.45, 7) is 4.36. The van der Waals surface area contributed by atoms with Gasteiger partial charge in [-0.1, -0.05) is 0 Å². The maximum atomic E-state index is 13.0. The average molecular weight is 330 g/mol. The molecule has 24 heavy (non-hydrogen) atoms. The Labute approximate surface area is 140 Å². The fraction of sp³-hybridized carbons (Fsp3) is 0.625. The normalized spacial score (nSPS) is 24.5. The summed E-state index contributed by atoms with van der Waals surface area (Å²) in [5.74, 6) is 0.619. The van der Waals surface area contributed by atoms with Crippen molar-refractivity contribution in [1.82, 2.24) is 29.8 Å². The molecule has 8 heteroatoms. The Balaban J connectivity index is 1.52. The van der Waals surface area contributed by atoms with Gasteiger partial charge in [-0.3, -0.25) is 9.69 Å². The molecule has 3 saturated heterocycles. The highest BCUT2D eigenvalue weighted by molar-refractivity contribution is 5.95. The maximum absolute atomic E-state index is 13.0. The van der Waals surface area contributed by atoms with Crippen LogP contribution < -0.4 is 0 Å². The number of tetrazole rings is 1. The SMILES string of the molecule is COCCN1C[C@H]2CC[C@@H]1CN(C(=O)c1ccn3nnnc3c1)C2. The highest BCUT2D eigenvalue weighted by Gasteiger charge is 2.36. The first-order valence-corrected chi connectivity index (χ1v) is 8.44. The van der Waals surface area contributed by atoms with Crippen LogP contribution in [0.5, 0.6) is 0 Å². The van der Waals surface area contributed by atoms with Gasteiger partial charge in [0.2, 0.25) is 0 Å². The molecule has 5 heterocycles. The van der Waals surface area contributed by atoms with E-state index in [2.05, 4.69) is 20.4 Å². The first-order chi connectivity index (χ1) is 11.7. The van der Waals surface area contributed by atoms with Crippen LogP contribution in [0.1, 0.15) is 23.2 Å². The summed E-state index contributed by atoms with van der Waals surface area (Å²) in [6, 6.07) is 3.99. The van der Waals surface area contributed by atoms with E-state index in [4.69, 9.17) is 4.74 Å². The number of fused-ring (bicyclic) bond motifs is 5. The van der Waals surface area contributed by atoms with Gasteiger partial charge < -0.3 is 9.64 Å². The quantitative estimate of drug-likeness (QED) is 0.803. The van der Waals surface area contributed by atoms with Gasteiger partial charge in [-0.15, -0.1) is 5.10 Å². The van der Waals surface area contributed by atoms with Crippen LogP contribution in [0.3, 0.4) is 0 Å². The summed E-state index contributed by atoms with van der Waals surface area (Å²) in [4.78, 5) is 17.4. The van der Waals surface area contributed by atoms with Crippen LogP contribution in [-0.2, 0) is 4.74 Å². The molecule has 0 radical (unpaired) electrons. The number of carbonyl (C=O) groups is 1. The number of aromatic nitrogens is 4. The third-order valence-corrected chi connectivity index (χ3v) is 5.14. The number of nitrogens with zero attached hydrogens (tertiary/aromatic N) is 6. The Morgan fingerprint density at radius 1 is 1.33 bits per heavy atom. The molecule has 128 valence electrons. The predicted molar refractivity (Wildman–Crippen MR) is 86.6 cm³/mol. The van der Waals surface area contributed by atoms with Crippen LogP contribution >= 0.6 is 0 Å². The first-order valence-electron chi connectivity index (χ1n) is 8.44. The van der Waals surface area contributed by atoms with Crippen LogP contribution in [-0.4, -0.2) is 81.7 Å². The lowest BCUT2D eigenvalue weighted by Crippen LogP contribution is -2.45. The van der Waals surface area contributed by atoms with E-state index in [1.807, 2.05) is 4.90 Å². The molecule has 2 aromatic heterocycles. The van der Waals surface area contributed by atoms with Crippen LogP contribution in [0.4, 0.5) is 0 Å². The van der Waals surface area contributed by atoms with Crippen molar-refractivity contribution >= 4 is 11.6 Å². The van der Waals surface area contributed by atoms with Gasteiger partial charge in [-0.2, -0.15) is 0 Å². The lowest BCUT2D eigenvalue weighted by atomic mass is 9.95. The summed E-state index contributed by atoms with van der Waals surface area (Å²) < 4.78 is 6.79. The second-order valence-electron chi connectivity index (χ2n) is 6.69. The summed E-state index contributed by atoms with van der Waals surface area (Å²) >= 11 is 0. The van der Waals surface area contributed by atoms with Crippen molar-refractivity contribution in [2.24, 2.45) is 5.92 Å². The van der Waals surface area contributed by atoms with Crippen LogP contribution in [0.2, 0.25) is 0 Å². The molecule has 0 saturated carbocycles. The number of rotatable bonds is 4. The van der Waals surface area contributed by atoms with E-state index >= 15 is 0 Å². The Morgan fingerprint density at radius 2 is 2.25 bits per heavy atom. The Morgan fingerprint density at radius 3 is 3.12 bits per heavy atom. The molecule has 0 spiro atoms. The molecular weight excluding hydrogens is 308 g/mol. The van der Waals surface area contributed by atoms with Crippen LogP contribution in [0.15, 0.2) is 18.3 Å². The zero-order chi connectivity index (χ0) is 16.5. The first kappa shape index (κ1) is 15.5. The van der Waals surface area contributed by atoms with Crippen molar-refractivity contribution in [1.29, 1.82) is 0 Å². The lowest BCUT2D eigenvalue weighted by Gasteiger charge is -2.35. The molecule has 0 aliphatic carbocycles. The highest BCUT2D eigenvalue weighted by atomic mass is 16.5. The molecular formula is C16H22N6O2. The third-order valence-electron chi connectivity index (χ3n) is 5.14. The van der Waals surface area contributed by atoms with Gasteiger partial charge in [0.25, 0.3) is 5.91 Å². The molecule has 2 aromatic rings. The number of carbonyl (C=O) groups excluding carboxylic acids is 1. The monoisotopic (exact) mass is 330 g/mol. The molecule has 5 rings (SSSR count). The van der Waals surface area contributed by atoms with Crippen molar-refractivity contribution < 1.29 is 9.53 Å². The lowest BCUT2D eigenvalue weighted by molar-refractivity contribution is 0.0717. The number of piperidine rings is 1. The maximum Gasteiger partial charge on any atom is 0.254 e. The van der Waals surface area contributed by atoms with E-state index < -0.39 is 0 Å². The average Bonchev–Trinajstić information content (AvgIpc) is 2.89. The Kier molecular flexibility index (Phi) is 4.15. The van der Waals surface area contributed by atoms with Crippen molar-refractivity contribution in [3.05, 3.63) is 23.9 Å². The van der Waals surface area contributed by atoms with E-state index in [9.17, 15) is 4.79 Å². The second-order valence-corrected chi connectivity index (χ2v) is 6.69. The van der Waals surface area contributed by atoms with Gasteiger partial charge in [-0.05, 0) is 41.3 Å². The minimum atomic E-state index is 0.0750. The molecule has 0 unspecified atom stereocenters. The largest absolute Gasteiger partial charge is 0.383 e. The number of pyridine rings is 1. The minimum Gasteiger partial charge on any atom is -0.383 e. The Bertz CT molecular complexity index is 732. The van der Waals surface area contributed by atoms with Crippen molar-refractivity contribution in [2.75, 3.05) is 39.9 Å². The fourth-order valence-electron chi connectivity index (χ4n) is 3.88. The summed E-state index contributed by atoms with van der Waals surface area (Å²) in [5.41, 5.74) is 1.25. The molecule has 0 aromatic carbocycles. The summed E-state index contributed by atoms with van der Waals surface area (Å²) in [6.07, 6.45) is 4.09. The zero-order valence-corrected chi connectivity index (χ0v) is 13.8. The molecule has 0 N–H and O–H groups in total. The van der Waals surface area contributed by atoms with Crippen LogP contribution in [0.25, 0.3) is 5.65 Å². The van der Waals surface area contributed by atoms with Gasteiger partial charge in [0.05, 0.1) is 6.61 Å². The molecule has 8 nitrogen and oxygen atoms in total. The van der Waals surface area contributed by atoms with E-state index in [1.54, 1.807) is 30.0 Å². The highest BCUT2D eigenvalue weighted by Crippen LogP contribution is 2.28. The molecule has 2 atom stereocenters. The molecule has 1 amide bonds. The van der Waals surface area contributed by atoms with E-state index in [-0.39, 0.29) is 5.91 Å². The van der Waals surface area contributed by atoms with E-state index in [0.717, 1.165) is 39.2 Å². The minimum absolute atomic E-state index is 0.0750. The smallest absolute Gasteiger partial charge is 0.254 e. The van der Waals surface area contributed by atoms with Crippen molar-refractivity contribution in [3.8, 4) is 0 Å². The van der Waals surface area contributed by atoms with Gasteiger partial charge >= 0.3 is 0 Å². The molecule has 3 fully saturated rings. The topological polar surface area (TPSA) is 75.9 Å². The second kappa shape index (κ2) is 6.45. The number of ether oxygens (including phenoxy) is 1. The van der Waals surface area contributed by atoms with Gasteiger partial charge in [0, 0.05) is 51.1 Å². The number of methoxy groups -OCH3 is 1. The standard InChI is InChI=1S/C16H22N6O2/c1-24-7-6-20-9-12-2-3-14(20)11-21(10-12)16(23)13-4-5-22-15(8-13)17-18-19-22/h4-5,8,12,14H,2-3,6-7,9-11H2,1H3/t12-,14-/m1/s1. The van der Waals surface area contributed by atoms with Crippen molar-refractivity contribution in [2.45, 2.75) is 18.9 Å². The molecule has 3 aliphatic heterocycles. The van der Waals surface area contributed by atoms with Gasteiger partial charge in [-0.25, -0.2) is 4.52 Å². The van der Waals surface area contributed by atoms with Gasteiger partial charge in [0.1, 0.15) is 0 Å². The summed E-state index contributed by atoms with van der Waals surface area (Å²) in [5, 5.41) is 11.4. The van der Waals surface area contributed by atoms with E-state index in [1.165, 1.54) is 6.42 Å². The predicted octanol–water partition coefficient (Wildman–Crippen LogP) is 0.307. The fourth-order valence-corrected chi connectivity index (χ4v) is 3.88. The Hall–Kier alpha value is -2.06. The zero-order valence-electron chi connectivity index (χ0n) is 13.8.